The van der Waals surface area contributed by atoms with Crippen molar-refractivity contribution in [3.63, 3.8) is 0 Å². The zero-order chi connectivity index (χ0) is 15.6. The molecule has 0 fully saturated rings. The topological polar surface area (TPSA) is 74.7 Å². The average molecular weight is 390 g/mol. The van der Waals surface area contributed by atoms with Crippen molar-refractivity contribution in [1.29, 1.82) is 0 Å². The number of halogens is 1. The van der Waals surface area contributed by atoms with Crippen LogP contribution in [0, 0.1) is 0 Å². The van der Waals surface area contributed by atoms with E-state index in [0.29, 0.717) is 0 Å². The SMILES string of the molecule is CN(Cc1ccccc1Br)S(=O)(=O)c1ccc(C(=O)O)s1. The Morgan fingerprint density at radius 1 is 1.29 bits per heavy atom. The summed E-state index contributed by atoms with van der Waals surface area (Å²) in [7, 11) is -2.23. The summed E-state index contributed by atoms with van der Waals surface area (Å²) in [6.07, 6.45) is 0. The zero-order valence-electron chi connectivity index (χ0n) is 11.0. The standard InChI is InChI=1S/C13H12BrNO4S2/c1-15(8-9-4-2-3-5-10(9)14)21(18,19)12-7-6-11(20-12)13(16)17/h2-7H,8H2,1H3,(H,16,17). The lowest BCUT2D eigenvalue weighted by molar-refractivity contribution is 0.0702. The van der Waals surface area contributed by atoms with Crippen LogP contribution in [0.2, 0.25) is 0 Å². The lowest BCUT2D eigenvalue weighted by Gasteiger charge is -2.16. The molecular weight excluding hydrogens is 378 g/mol. The summed E-state index contributed by atoms with van der Waals surface area (Å²) in [6.45, 7) is 0.198. The second-order valence-electron chi connectivity index (χ2n) is 4.28. The van der Waals surface area contributed by atoms with Crippen LogP contribution in [0.15, 0.2) is 45.1 Å². The highest BCUT2D eigenvalue weighted by molar-refractivity contribution is 9.10. The van der Waals surface area contributed by atoms with Gasteiger partial charge in [-0.3, -0.25) is 0 Å². The quantitative estimate of drug-likeness (QED) is 0.852. The summed E-state index contributed by atoms with van der Waals surface area (Å²) in [5.74, 6) is -1.13. The van der Waals surface area contributed by atoms with Gasteiger partial charge in [-0.2, -0.15) is 4.31 Å². The minimum Gasteiger partial charge on any atom is -0.477 e. The Labute approximate surface area is 135 Å². The number of hydrogen-bond donors (Lipinski definition) is 1. The van der Waals surface area contributed by atoms with E-state index in [4.69, 9.17) is 5.11 Å². The Hall–Kier alpha value is -1.22. The first-order valence-electron chi connectivity index (χ1n) is 5.85. The number of hydrogen-bond acceptors (Lipinski definition) is 4. The zero-order valence-corrected chi connectivity index (χ0v) is 14.2. The van der Waals surface area contributed by atoms with Gasteiger partial charge < -0.3 is 5.11 Å². The predicted octanol–water partition coefficient (Wildman–Crippen LogP) is 3.03. The molecular formula is C13H12BrNO4S2. The third-order valence-electron chi connectivity index (χ3n) is 2.81. The van der Waals surface area contributed by atoms with E-state index in [0.717, 1.165) is 21.4 Å². The van der Waals surface area contributed by atoms with Gasteiger partial charge in [-0.1, -0.05) is 34.1 Å². The lowest BCUT2D eigenvalue weighted by atomic mass is 10.2. The maximum Gasteiger partial charge on any atom is 0.345 e. The van der Waals surface area contributed by atoms with Crippen LogP contribution < -0.4 is 0 Å². The summed E-state index contributed by atoms with van der Waals surface area (Å²) < 4.78 is 26.9. The molecule has 5 nitrogen and oxygen atoms in total. The fourth-order valence-electron chi connectivity index (χ4n) is 1.68. The molecule has 0 atom stereocenters. The van der Waals surface area contributed by atoms with Crippen molar-refractivity contribution in [2.75, 3.05) is 7.05 Å². The van der Waals surface area contributed by atoms with E-state index < -0.39 is 16.0 Å². The van der Waals surface area contributed by atoms with Gasteiger partial charge in [-0.05, 0) is 23.8 Å². The van der Waals surface area contributed by atoms with Crippen LogP contribution in [-0.2, 0) is 16.6 Å². The minimum atomic E-state index is -3.70. The molecule has 8 heteroatoms. The molecule has 0 bridgehead atoms. The molecule has 0 aliphatic carbocycles. The van der Waals surface area contributed by atoms with Gasteiger partial charge in [0.2, 0.25) is 0 Å². The van der Waals surface area contributed by atoms with Gasteiger partial charge in [0.05, 0.1) is 0 Å². The van der Waals surface area contributed by atoms with Crippen LogP contribution >= 0.6 is 27.3 Å². The molecule has 0 spiro atoms. The van der Waals surface area contributed by atoms with Crippen molar-refractivity contribution in [3.8, 4) is 0 Å². The summed E-state index contributed by atoms with van der Waals surface area (Å²) in [4.78, 5) is 10.8. The molecule has 0 aliphatic rings. The molecule has 0 saturated heterocycles. The molecule has 1 aromatic carbocycles. The Morgan fingerprint density at radius 3 is 2.52 bits per heavy atom. The molecule has 1 aromatic heterocycles. The number of nitrogens with zero attached hydrogens (tertiary/aromatic N) is 1. The number of benzene rings is 1. The van der Waals surface area contributed by atoms with Gasteiger partial charge in [0.1, 0.15) is 9.09 Å². The maximum absolute atomic E-state index is 12.4. The second kappa shape index (κ2) is 6.27. The number of sulfonamides is 1. The van der Waals surface area contributed by atoms with Crippen LogP contribution in [0.25, 0.3) is 0 Å². The van der Waals surface area contributed by atoms with Crippen molar-refractivity contribution in [2.24, 2.45) is 0 Å². The molecule has 0 amide bonds. The molecule has 0 radical (unpaired) electrons. The highest BCUT2D eigenvalue weighted by Crippen LogP contribution is 2.26. The molecule has 1 heterocycles. The molecule has 2 rings (SSSR count). The normalized spacial score (nSPS) is 11.8. The molecule has 0 saturated carbocycles. The third-order valence-corrected chi connectivity index (χ3v) is 6.93. The van der Waals surface area contributed by atoms with E-state index >= 15 is 0 Å². The van der Waals surface area contributed by atoms with Crippen molar-refractivity contribution >= 4 is 43.3 Å². The number of thiophene rings is 1. The largest absolute Gasteiger partial charge is 0.477 e. The van der Waals surface area contributed by atoms with Gasteiger partial charge in [-0.15, -0.1) is 11.3 Å². The number of carboxylic acid groups (broad SMARTS) is 1. The fourth-order valence-corrected chi connectivity index (χ4v) is 4.59. The lowest BCUT2D eigenvalue weighted by Crippen LogP contribution is -2.25. The highest BCUT2D eigenvalue weighted by atomic mass is 79.9. The van der Waals surface area contributed by atoms with Gasteiger partial charge in [0, 0.05) is 18.1 Å². The molecule has 1 N–H and O–H groups in total. The minimum absolute atomic E-state index is 0.00265. The van der Waals surface area contributed by atoms with Crippen LogP contribution in [0.4, 0.5) is 0 Å². The number of carbonyl (C=O) groups is 1. The summed E-state index contributed by atoms with van der Waals surface area (Å²) in [6, 6.07) is 9.96. The summed E-state index contributed by atoms with van der Waals surface area (Å²) >= 11 is 4.12. The van der Waals surface area contributed by atoms with Crippen LogP contribution in [0.5, 0.6) is 0 Å². The average Bonchev–Trinajstić information content (AvgIpc) is 2.91. The Balaban J connectivity index is 2.26. The van der Waals surface area contributed by atoms with Crippen molar-refractivity contribution in [1.82, 2.24) is 4.31 Å². The number of rotatable bonds is 5. The first-order chi connectivity index (χ1) is 9.82. The predicted molar refractivity (Wildman–Crippen MR) is 84.1 cm³/mol. The van der Waals surface area contributed by atoms with E-state index in [1.807, 2.05) is 24.3 Å². The Bertz CT molecular complexity index is 770. The van der Waals surface area contributed by atoms with Gasteiger partial charge in [0.25, 0.3) is 10.0 Å². The third kappa shape index (κ3) is 3.52. The van der Waals surface area contributed by atoms with Crippen LogP contribution in [-0.4, -0.2) is 30.8 Å². The molecule has 112 valence electrons. The monoisotopic (exact) mass is 389 g/mol. The molecule has 21 heavy (non-hydrogen) atoms. The van der Waals surface area contributed by atoms with E-state index in [-0.39, 0.29) is 15.6 Å². The van der Waals surface area contributed by atoms with E-state index in [1.54, 1.807) is 0 Å². The van der Waals surface area contributed by atoms with Crippen molar-refractivity contribution < 1.29 is 18.3 Å². The van der Waals surface area contributed by atoms with Gasteiger partial charge in [0.15, 0.2) is 0 Å². The number of carboxylic acids is 1. The summed E-state index contributed by atoms with van der Waals surface area (Å²) in [5, 5.41) is 8.87. The van der Waals surface area contributed by atoms with Gasteiger partial charge in [-0.25, -0.2) is 13.2 Å². The van der Waals surface area contributed by atoms with Crippen molar-refractivity contribution in [3.05, 3.63) is 51.3 Å². The molecule has 0 unspecified atom stereocenters. The van der Waals surface area contributed by atoms with Crippen LogP contribution in [0.1, 0.15) is 15.2 Å². The Kier molecular flexibility index (Phi) is 4.82. The Morgan fingerprint density at radius 2 is 1.95 bits per heavy atom. The first kappa shape index (κ1) is 16.2. The van der Waals surface area contributed by atoms with E-state index in [1.165, 1.54) is 23.5 Å². The van der Waals surface area contributed by atoms with E-state index in [9.17, 15) is 13.2 Å². The van der Waals surface area contributed by atoms with Gasteiger partial charge >= 0.3 is 5.97 Å². The first-order valence-corrected chi connectivity index (χ1v) is 8.90. The summed E-state index contributed by atoms with van der Waals surface area (Å²) in [5.41, 5.74) is 0.832. The highest BCUT2D eigenvalue weighted by Gasteiger charge is 2.24. The fraction of sp³-hybridized carbons (Fsp3) is 0.154. The maximum atomic E-state index is 12.4. The second-order valence-corrected chi connectivity index (χ2v) is 8.49. The molecule has 0 aliphatic heterocycles. The molecule has 2 aromatic rings. The number of aromatic carboxylic acids is 1. The van der Waals surface area contributed by atoms with Crippen LogP contribution in [0.3, 0.4) is 0 Å². The van der Waals surface area contributed by atoms with E-state index in [2.05, 4.69) is 15.9 Å². The van der Waals surface area contributed by atoms with Crippen molar-refractivity contribution in [2.45, 2.75) is 10.8 Å². The smallest absolute Gasteiger partial charge is 0.345 e.